The summed E-state index contributed by atoms with van der Waals surface area (Å²) in [5.74, 6) is -2.41. The second kappa shape index (κ2) is 8.25. The molecule has 1 unspecified atom stereocenters. The van der Waals surface area contributed by atoms with Gasteiger partial charge in [-0.25, -0.2) is 9.59 Å². The summed E-state index contributed by atoms with van der Waals surface area (Å²) in [7, 11) is 1.26. The Morgan fingerprint density at radius 2 is 1.88 bits per heavy atom. The number of hydrogen-bond acceptors (Lipinski definition) is 5. The highest BCUT2D eigenvalue weighted by molar-refractivity contribution is 7.16. The van der Waals surface area contributed by atoms with Crippen molar-refractivity contribution in [3.05, 3.63) is 64.6 Å². The minimum absolute atomic E-state index is 0.0230. The third-order valence-electron chi connectivity index (χ3n) is 3.50. The maximum absolute atomic E-state index is 12.0. The van der Waals surface area contributed by atoms with E-state index in [0.29, 0.717) is 5.00 Å². The van der Waals surface area contributed by atoms with E-state index in [1.165, 1.54) is 18.4 Å². The number of carboxylic acid groups (broad SMARTS) is 1. The lowest BCUT2D eigenvalue weighted by molar-refractivity contribution is -0.131. The van der Waals surface area contributed by atoms with Crippen molar-refractivity contribution in [1.82, 2.24) is 0 Å². The number of benzene rings is 1. The van der Waals surface area contributed by atoms with E-state index in [-0.39, 0.29) is 11.5 Å². The summed E-state index contributed by atoms with van der Waals surface area (Å²) in [6.07, 6.45) is 1.62. The number of carboxylic acids is 1. The Bertz CT molecular complexity index is 810. The Kier molecular flexibility index (Phi) is 6.08. The van der Waals surface area contributed by atoms with Gasteiger partial charge in [-0.1, -0.05) is 37.3 Å². The minimum Gasteiger partial charge on any atom is -0.478 e. The lowest BCUT2D eigenvalue weighted by atomic mass is 9.99. The van der Waals surface area contributed by atoms with Crippen LogP contribution in [-0.4, -0.2) is 30.1 Å². The number of carbonyl (C=O) groups excluding carboxylic acids is 2. The molecule has 0 spiro atoms. The average molecular weight is 359 g/mol. The lowest BCUT2D eigenvalue weighted by Crippen LogP contribution is -2.11. The van der Waals surface area contributed by atoms with Crippen LogP contribution in [-0.2, 0) is 14.3 Å². The van der Waals surface area contributed by atoms with E-state index in [0.717, 1.165) is 22.6 Å². The summed E-state index contributed by atoms with van der Waals surface area (Å²) in [6, 6.07) is 11.4. The zero-order chi connectivity index (χ0) is 18.4. The molecule has 0 saturated heterocycles. The molecule has 2 N–H and O–H groups in total. The van der Waals surface area contributed by atoms with Crippen molar-refractivity contribution in [3.8, 4) is 0 Å². The molecule has 1 aromatic heterocycles. The molecule has 1 heterocycles. The lowest BCUT2D eigenvalue weighted by Gasteiger charge is -2.08. The second-order valence-electron chi connectivity index (χ2n) is 5.18. The zero-order valence-corrected chi connectivity index (χ0v) is 14.5. The van der Waals surface area contributed by atoms with E-state index in [4.69, 9.17) is 9.84 Å². The molecule has 0 radical (unpaired) electrons. The van der Waals surface area contributed by atoms with Crippen molar-refractivity contribution in [2.75, 3.05) is 12.4 Å². The average Bonchev–Trinajstić information content (AvgIpc) is 3.03. The first kappa shape index (κ1) is 18.4. The molecule has 0 bridgehead atoms. The molecule has 6 nitrogen and oxygen atoms in total. The van der Waals surface area contributed by atoms with Crippen molar-refractivity contribution in [2.24, 2.45) is 0 Å². The molecule has 1 amide bonds. The van der Waals surface area contributed by atoms with Crippen LogP contribution < -0.4 is 5.32 Å². The summed E-state index contributed by atoms with van der Waals surface area (Å²) in [6.45, 7) is 2.00. The predicted molar refractivity (Wildman–Crippen MR) is 95.0 cm³/mol. The van der Waals surface area contributed by atoms with Crippen LogP contribution in [0.25, 0.3) is 0 Å². The van der Waals surface area contributed by atoms with Crippen molar-refractivity contribution in [3.63, 3.8) is 0 Å². The molecule has 2 rings (SSSR count). The van der Waals surface area contributed by atoms with Gasteiger partial charge in [-0.3, -0.25) is 4.79 Å². The van der Waals surface area contributed by atoms with Crippen LogP contribution in [0.15, 0.2) is 48.6 Å². The van der Waals surface area contributed by atoms with E-state index in [2.05, 4.69) is 5.32 Å². The maximum Gasteiger partial charge on any atom is 0.340 e. The molecule has 0 aliphatic heterocycles. The summed E-state index contributed by atoms with van der Waals surface area (Å²) in [4.78, 5) is 35.2. The van der Waals surface area contributed by atoms with E-state index in [9.17, 15) is 14.4 Å². The highest BCUT2D eigenvalue weighted by Gasteiger charge is 2.21. The van der Waals surface area contributed by atoms with E-state index in [1.807, 2.05) is 37.3 Å². The monoisotopic (exact) mass is 359 g/mol. The number of carbonyl (C=O) groups is 3. The molecule has 0 aliphatic carbocycles. The van der Waals surface area contributed by atoms with Crippen molar-refractivity contribution < 1.29 is 24.2 Å². The Morgan fingerprint density at radius 1 is 1.20 bits per heavy atom. The molecule has 1 aromatic carbocycles. The van der Waals surface area contributed by atoms with Gasteiger partial charge in [0.05, 0.1) is 12.7 Å². The normalized spacial score (nSPS) is 11.9. The van der Waals surface area contributed by atoms with Crippen molar-refractivity contribution in [2.45, 2.75) is 12.8 Å². The molecular formula is C18H17NO5S. The van der Waals surface area contributed by atoms with Gasteiger partial charge in [-0.05, 0) is 11.6 Å². The van der Waals surface area contributed by atoms with Crippen molar-refractivity contribution >= 4 is 34.2 Å². The van der Waals surface area contributed by atoms with Gasteiger partial charge in [-0.15, -0.1) is 11.3 Å². The van der Waals surface area contributed by atoms with E-state index in [1.54, 1.807) is 6.07 Å². The molecule has 0 fully saturated rings. The molecule has 2 aromatic rings. The number of thiophene rings is 1. The number of rotatable bonds is 6. The fourth-order valence-electron chi connectivity index (χ4n) is 2.18. The molecule has 0 aliphatic rings. The van der Waals surface area contributed by atoms with Crippen LogP contribution in [0, 0.1) is 0 Å². The summed E-state index contributed by atoms with van der Waals surface area (Å²) >= 11 is 1.25. The van der Waals surface area contributed by atoms with Gasteiger partial charge >= 0.3 is 11.9 Å². The van der Waals surface area contributed by atoms with Gasteiger partial charge in [0.25, 0.3) is 0 Å². The number of nitrogens with one attached hydrogen (secondary N) is 1. The molecule has 7 heteroatoms. The first-order valence-corrected chi connectivity index (χ1v) is 8.23. The minimum atomic E-state index is -1.23. The molecule has 25 heavy (non-hydrogen) atoms. The SMILES string of the molecule is COC(=O)c1cc(C(C)c2ccccc2)sc1NC(=O)/C=C/C(=O)O. The van der Waals surface area contributed by atoms with Gasteiger partial charge in [0.15, 0.2) is 0 Å². The number of ether oxygens (including phenoxy) is 1. The Labute approximate surface area is 148 Å². The third kappa shape index (κ3) is 4.77. The van der Waals surface area contributed by atoms with Crippen LogP contribution in [0.1, 0.15) is 33.6 Å². The van der Waals surface area contributed by atoms with Crippen LogP contribution >= 0.6 is 11.3 Å². The van der Waals surface area contributed by atoms with Crippen LogP contribution in [0.2, 0.25) is 0 Å². The van der Waals surface area contributed by atoms with Gasteiger partial charge in [0.2, 0.25) is 5.91 Å². The number of anilines is 1. The van der Waals surface area contributed by atoms with Crippen LogP contribution in [0.5, 0.6) is 0 Å². The highest BCUT2D eigenvalue weighted by Crippen LogP contribution is 2.36. The van der Waals surface area contributed by atoms with Crippen LogP contribution in [0.3, 0.4) is 0 Å². The first-order valence-electron chi connectivity index (χ1n) is 7.41. The second-order valence-corrected chi connectivity index (χ2v) is 6.26. The number of aliphatic carboxylic acids is 1. The van der Waals surface area contributed by atoms with Gasteiger partial charge in [-0.2, -0.15) is 0 Å². The maximum atomic E-state index is 12.0. The summed E-state index contributed by atoms with van der Waals surface area (Å²) in [5, 5.41) is 11.4. The number of esters is 1. The molecular weight excluding hydrogens is 342 g/mol. The molecule has 1 atom stereocenters. The fourth-order valence-corrected chi connectivity index (χ4v) is 3.31. The van der Waals surface area contributed by atoms with Crippen LogP contribution in [0.4, 0.5) is 5.00 Å². The molecule has 130 valence electrons. The topological polar surface area (TPSA) is 92.7 Å². The first-order chi connectivity index (χ1) is 11.9. The zero-order valence-electron chi connectivity index (χ0n) is 13.7. The van der Waals surface area contributed by atoms with Gasteiger partial charge in [0.1, 0.15) is 5.00 Å². The number of amides is 1. The largest absolute Gasteiger partial charge is 0.478 e. The Hall–Kier alpha value is -2.93. The fraction of sp³-hybridized carbons (Fsp3) is 0.167. The summed E-state index contributed by atoms with van der Waals surface area (Å²) < 4.78 is 4.76. The number of hydrogen-bond donors (Lipinski definition) is 2. The van der Waals surface area contributed by atoms with Gasteiger partial charge in [0, 0.05) is 22.9 Å². The third-order valence-corrected chi connectivity index (χ3v) is 4.73. The standard InChI is InChI=1S/C18H17NO5S/c1-11(12-6-4-3-5-7-12)14-10-13(18(23)24-2)17(25-14)19-15(20)8-9-16(21)22/h3-11H,1-2H3,(H,19,20)(H,21,22)/b9-8+. The van der Waals surface area contributed by atoms with E-state index < -0.39 is 17.8 Å². The number of methoxy groups -OCH3 is 1. The Morgan fingerprint density at radius 3 is 2.48 bits per heavy atom. The molecule has 0 saturated carbocycles. The van der Waals surface area contributed by atoms with Gasteiger partial charge < -0.3 is 15.2 Å². The Balaban J connectivity index is 2.32. The summed E-state index contributed by atoms with van der Waals surface area (Å²) in [5.41, 5.74) is 1.31. The van der Waals surface area contributed by atoms with E-state index >= 15 is 0 Å². The smallest absolute Gasteiger partial charge is 0.340 e. The van der Waals surface area contributed by atoms with Crippen molar-refractivity contribution in [1.29, 1.82) is 0 Å². The quantitative estimate of drug-likeness (QED) is 0.610. The highest BCUT2D eigenvalue weighted by atomic mass is 32.1. The predicted octanol–water partition coefficient (Wildman–Crippen LogP) is 3.27.